The maximum absolute atomic E-state index is 11.1. The number of carbonyl (C=O) groups is 1. The van der Waals surface area contributed by atoms with Gasteiger partial charge in [0.25, 0.3) is 0 Å². The molecule has 4 heteroatoms. The maximum Gasteiger partial charge on any atom is 0.339 e. The highest BCUT2D eigenvalue weighted by atomic mass is 32.2. The van der Waals surface area contributed by atoms with Crippen molar-refractivity contribution in [3.05, 3.63) is 29.3 Å². The molecule has 0 unspecified atom stereocenters. The zero-order valence-electron chi connectivity index (χ0n) is 10.5. The van der Waals surface area contributed by atoms with Crippen LogP contribution in [0.2, 0.25) is 0 Å². The van der Waals surface area contributed by atoms with E-state index in [1.165, 1.54) is 32.8 Å². The van der Waals surface area contributed by atoms with Crippen LogP contribution in [0.4, 0.5) is 0 Å². The number of carboxylic acid groups (broad SMARTS) is 1. The molecular formula is C14H18O3S. The highest BCUT2D eigenvalue weighted by Gasteiger charge is 2.16. The summed E-state index contributed by atoms with van der Waals surface area (Å²) in [4.78, 5) is 11.1. The van der Waals surface area contributed by atoms with E-state index < -0.39 is 5.97 Å². The second-order valence-corrected chi connectivity index (χ2v) is 5.85. The standard InChI is InChI=1S/C14H18O3S/c1-17-13-7-6-10(8-12(13)14(15)16)9-18-11-4-2-3-5-11/h6-8,11H,2-5,9H2,1H3,(H,15,16). The number of rotatable bonds is 5. The van der Waals surface area contributed by atoms with E-state index in [0.29, 0.717) is 5.75 Å². The van der Waals surface area contributed by atoms with Crippen LogP contribution in [0.25, 0.3) is 0 Å². The van der Waals surface area contributed by atoms with Gasteiger partial charge in [0.2, 0.25) is 0 Å². The van der Waals surface area contributed by atoms with Crippen LogP contribution in [0, 0.1) is 0 Å². The van der Waals surface area contributed by atoms with Gasteiger partial charge >= 0.3 is 5.97 Å². The minimum absolute atomic E-state index is 0.252. The second-order valence-electron chi connectivity index (χ2n) is 4.56. The molecule has 0 heterocycles. The number of benzene rings is 1. The largest absolute Gasteiger partial charge is 0.496 e. The van der Waals surface area contributed by atoms with Gasteiger partial charge in [-0.3, -0.25) is 0 Å². The van der Waals surface area contributed by atoms with Crippen molar-refractivity contribution in [3.8, 4) is 5.75 Å². The quantitative estimate of drug-likeness (QED) is 0.885. The first-order valence-corrected chi connectivity index (χ1v) is 7.27. The van der Waals surface area contributed by atoms with Gasteiger partial charge in [0.05, 0.1) is 7.11 Å². The van der Waals surface area contributed by atoms with Gasteiger partial charge in [0.15, 0.2) is 0 Å². The molecule has 0 bridgehead atoms. The Balaban J connectivity index is 2.04. The number of hydrogen-bond acceptors (Lipinski definition) is 3. The van der Waals surface area contributed by atoms with E-state index in [2.05, 4.69) is 0 Å². The zero-order chi connectivity index (χ0) is 13.0. The van der Waals surface area contributed by atoms with Crippen molar-refractivity contribution in [2.75, 3.05) is 7.11 Å². The molecule has 18 heavy (non-hydrogen) atoms. The van der Waals surface area contributed by atoms with Crippen LogP contribution >= 0.6 is 11.8 Å². The average Bonchev–Trinajstić information content (AvgIpc) is 2.89. The molecule has 1 N–H and O–H groups in total. The maximum atomic E-state index is 11.1. The molecule has 1 aliphatic carbocycles. The Labute approximate surface area is 112 Å². The molecule has 1 fully saturated rings. The van der Waals surface area contributed by atoms with Crippen molar-refractivity contribution >= 4 is 17.7 Å². The van der Waals surface area contributed by atoms with Crippen LogP contribution < -0.4 is 4.74 Å². The first-order chi connectivity index (χ1) is 8.70. The number of thioether (sulfide) groups is 1. The van der Waals surface area contributed by atoms with Crippen molar-refractivity contribution in [1.29, 1.82) is 0 Å². The lowest BCUT2D eigenvalue weighted by atomic mass is 10.1. The summed E-state index contributed by atoms with van der Waals surface area (Å²) < 4.78 is 5.05. The molecule has 0 atom stereocenters. The van der Waals surface area contributed by atoms with Crippen molar-refractivity contribution in [2.24, 2.45) is 0 Å². The van der Waals surface area contributed by atoms with Gasteiger partial charge in [-0.15, -0.1) is 0 Å². The molecule has 3 nitrogen and oxygen atoms in total. The van der Waals surface area contributed by atoms with Gasteiger partial charge in [-0.1, -0.05) is 18.9 Å². The summed E-state index contributed by atoms with van der Waals surface area (Å²) in [7, 11) is 1.49. The Bertz CT molecular complexity index is 425. The van der Waals surface area contributed by atoms with Crippen molar-refractivity contribution in [3.63, 3.8) is 0 Å². The minimum Gasteiger partial charge on any atom is -0.496 e. The normalized spacial score (nSPS) is 15.8. The summed E-state index contributed by atoms with van der Waals surface area (Å²) in [6.07, 6.45) is 5.26. The summed E-state index contributed by atoms with van der Waals surface area (Å²) in [5, 5.41) is 9.86. The Morgan fingerprint density at radius 1 is 1.44 bits per heavy atom. The monoisotopic (exact) mass is 266 g/mol. The molecule has 0 aliphatic heterocycles. The number of ether oxygens (including phenoxy) is 1. The van der Waals surface area contributed by atoms with Crippen LogP contribution in [0.3, 0.4) is 0 Å². The predicted molar refractivity (Wildman–Crippen MR) is 73.5 cm³/mol. The van der Waals surface area contributed by atoms with Crippen LogP contribution in [0.1, 0.15) is 41.6 Å². The van der Waals surface area contributed by atoms with Crippen LogP contribution in [-0.2, 0) is 5.75 Å². The highest BCUT2D eigenvalue weighted by Crippen LogP contribution is 2.32. The topological polar surface area (TPSA) is 46.5 Å². The fraction of sp³-hybridized carbons (Fsp3) is 0.500. The summed E-state index contributed by atoms with van der Waals surface area (Å²) in [6.45, 7) is 0. The van der Waals surface area contributed by atoms with Crippen LogP contribution in [0.5, 0.6) is 5.75 Å². The summed E-state index contributed by atoms with van der Waals surface area (Å²) >= 11 is 1.94. The Morgan fingerprint density at radius 3 is 2.78 bits per heavy atom. The van der Waals surface area contributed by atoms with E-state index in [4.69, 9.17) is 9.84 Å². The third-order valence-electron chi connectivity index (χ3n) is 3.28. The highest BCUT2D eigenvalue weighted by molar-refractivity contribution is 7.99. The number of aromatic carboxylic acids is 1. The summed E-state index contributed by atoms with van der Waals surface area (Å²) in [5.41, 5.74) is 1.31. The van der Waals surface area contributed by atoms with E-state index in [-0.39, 0.29) is 5.56 Å². The molecule has 1 aromatic carbocycles. The predicted octanol–water partition coefficient (Wildman–Crippen LogP) is 3.57. The van der Waals surface area contributed by atoms with E-state index in [1.807, 2.05) is 17.8 Å². The third kappa shape index (κ3) is 3.19. The van der Waals surface area contributed by atoms with Crippen LogP contribution in [-0.4, -0.2) is 23.4 Å². The van der Waals surface area contributed by atoms with Gasteiger partial charge in [-0.05, 0) is 30.5 Å². The molecule has 1 saturated carbocycles. The lowest BCUT2D eigenvalue weighted by Crippen LogP contribution is -2.02. The molecular weight excluding hydrogens is 248 g/mol. The van der Waals surface area contributed by atoms with Gasteiger partial charge in [-0.2, -0.15) is 11.8 Å². The lowest BCUT2D eigenvalue weighted by molar-refractivity contribution is 0.0693. The Morgan fingerprint density at radius 2 is 2.17 bits per heavy atom. The third-order valence-corrected chi connectivity index (χ3v) is 4.73. The second kappa shape index (κ2) is 6.14. The SMILES string of the molecule is COc1ccc(CSC2CCCC2)cc1C(=O)O. The fourth-order valence-electron chi connectivity index (χ4n) is 2.28. The Kier molecular flexibility index (Phi) is 4.53. The number of hydrogen-bond donors (Lipinski definition) is 1. The molecule has 0 radical (unpaired) electrons. The van der Waals surface area contributed by atoms with Gasteiger partial charge in [0, 0.05) is 11.0 Å². The van der Waals surface area contributed by atoms with E-state index >= 15 is 0 Å². The molecule has 0 saturated heterocycles. The van der Waals surface area contributed by atoms with Crippen molar-refractivity contribution in [2.45, 2.75) is 36.7 Å². The summed E-state index contributed by atoms with van der Waals surface area (Å²) in [6, 6.07) is 5.42. The number of methoxy groups -OCH3 is 1. The lowest BCUT2D eigenvalue weighted by Gasteiger charge is -2.10. The molecule has 0 spiro atoms. The van der Waals surface area contributed by atoms with E-state index in [1.54, 1.807) is 12.1 Å². The molecule has 0 amide bonds. The first-order valence-electron chi connectivity index (χ1n) is 6.22. The minimum atomic E-state index is -0.931. The van der Waals surface area contributed by atoms with E-state index in [9.17, 15) is 4.79 Å². The fourth-order valence-corrected chi connectivity index (χ4v) is 3.56. The first kappa shape index (κ1) is 13.3. The number of carboxylic acids is 1. The smallest absolute Gasteiger partial charge is 0.339 e. The molecule has 2 rings (SSSR count). The summed E-state index contributed by atoms with van der Waals surface area (Å²) in [5.74, 6) is 0.381. The molecule has 98 valence electrons. The van der Waals surface area contributed by atoms with E-state index in [0.717, 1.165) is 16.6 Å². The molecule has 0 aromatic heterocycles. The van der Waals surface area contributed by atoms with Crippen molar-refractivity contribution in [1.82, 2.24) is 0 Å². The molecule has 1 aromatic rings. The van der Waals surface area contributed by atoms with Gasteiger partial charge in [0.1, 0.15) is 11.3 Å². The molecule has 1 aliphatic rings. The zero-order valence-corrected chi connectivity index (χ0v) is 11.3. The average molecular weight is 266 g/mol. The Hall–Kier alpha value is -1.16. The van der Waals surface area contributed by atoms with Crippen LogP contribution in [0.15, 0.2) is 18.2 Å². The van der Waals surface area contributed by atoms with Gasteiger partial charge < -0.3 is 9.84 Å². The van der Waals surface area contributed by atoms with Crippen molar-refractivity contribution < 1.29 is 14.6 Å². The van der Waals surface area contributed by atoms with Gasteiger partial charge in [-0.25, -0.2) is 4.79 Å².